The Morgan fingerprint density at radius 3 is 2.50 bits per heavy atom. The summed E-state index contributed by atoms with van der Waals surface area (Å²) in [6.45, 7) is 4.14. The molecule has 1 aliphatic heterocycles. The van der Waals surface area contributed by atoms with E-state index in [9.17, 15) is 14.7 Å². The molecule has 0 bridgehead atoms. The third-order valence-corrected chi connectivity index (χ3v) is 4.58. The summed E-state index contributed by atoms with van der Waals surface area (Å²) in [5, 5.41) is 12.2. The van der Waals surface area contributed by atoms with Crippen LogP contribution in [0.25, 0.3) is 0 Å². The van der Waals surface area contributed by atoms with E-state index in [1.54, 1.807) is 18.2 Å². The fourth-order valence-corrected chi connectivity index (χ4v) is 3.05. The number of nitrogens with zero attached hydrogens (tertiary/aromatic N) is 1. The van der Waals surface area contributed by atoms with Gasteiger partial charge < -0.3 is 24.8 Å². The number of carbonyl (C=O) groups is 2. The number of carboxylic acids is 1. The van der Waals surface area contributed by atoms with Gasteiger partial charge in [-0.2, -0.15) is 0 Å². The number of anilines is 2. The minimum Gasteiger partial charge on any atom is -0.478 e. The second-order valence-corrected chi connectivity index (χ2v) is 6.81. The SMILES string of the molecule is Cc1ccc(C(=O)Nc2cc(C(=O)O)ccc2N(C)C[C@@H]2COCCO2)cc1. The van der Waals surface area contributed by atoms with E-state index >= 15 is 0 Å². The third kappa shape index (κ3) is 4.88. The summed E-state index contributed by atoms with van der Waals surface area (Å²) in [5.41, 5.74) is 2.81. The minimum absolute atomic E-state index is 0.0847. The molecule has 0 unspecified atom stereocenters. The fraction of sp³-hybridized carbons (Fsp3) is 0.333. The van der Waals surface area contributed by atoms with Crippen molar-refractivity contribution in [2.75, 3.05) is 43.6 Å². The molecule has 2 aromatic carbocycles. The molecule has 28 heavy (non-hydrogen) atoms. The summed E-state index contributed by atoms with van der Waals surface area (Å²) in [5.74, 6) is -1.35. The van der Waals surface area contributed by atoms with Crippen molar-refractivity contribution in [2.45, 2.75) is 13.0 Å². The number of ether oxygens (including phenoxy) is 2. The molecule has 148 valence electrons. The molecule has 0 saturated carbocycles. The minimum atomic E-state index is -1.05. The van der Waals surface area contributed by atoms with Crippen LogP contribution in [0, 0.1) is 6.92 Å². The lowest BCUT2D eigenvalue weighted by molar-refractivity contribution is -0.0837. The molecule has 1 aliphatic rings. The fourth-order valence-electron chi connectivity index (χ4n) is 3.05. The van der Waals surface area contributed by atoms with E-state index in [2.05, 4.69) is 5.32 Å². The van der Waals surface area contributed by atoms with Crippen molar-refractivity contribution in [2.24, 2.45) is 0 Å². The van der Waals surface area contributed by atoms with E-state index in [0.29, 0.717) is 43.3 Å². The van der Waals surface area contributed by atoms with E-state index in [0.717, 1.165) is 5.56 Å². The first-order valence-electron chi connectivity index (χ1n) is 9.10. The number of likely N-dealkylation sites (N-methyl/N-ethyl adjacent to an activating group) is 1. The first-order chi connectivity index (χ1) is 13.4. The number of nitrogens with one attached hydrogen (secondary N) is 1. The van der Waals surface area contributed by atoms with E-state index < -0.39 is 5.97 Å². The predicted molar refractivity (Wildman–Crippen MR) is 106 cm³/mol. The van der Waals surface area contributed by atoms with E-state index in [1.165, 1.54) is 12.1 Å². The molecule has 2 N–H and O–H groups in total. The van der Waals surface area contributed by atoms with Crippen molar-refractivity contribution in [3.63, 3.8) is 0 Å². The Bertz CT molecular complexity index is 844. The number of hydrogen-bond donors (Lipinski definition) is 2. The maximum absolute atomic E-state index is 12.6. The number of carbonyl (C=O) groups excluding carboxylic acids is 1. The first-order valence-corrected chi connectivity index (χ1v) is 9.10. The van der Waals surface area contributed by atoms with Gasteiger partial charge in [-0.15, -0.1) is 0 Å². The van der Waals surface area contributed by atoms with Gasteiger partial charge in [-0.1, -0.05) is 17.7 Å². The molecule has 7 heteroatoms. The average molecular weight is 384 g/mol. The number of aromatic carboxylic acids is 1. The van der Waals surface area contributed by atoms with Gasteiger partial charge in [-0.3, -0.25) is 4.79 Å². The molecule has 3 rings (SSSR count). The van der Waals surface area contributed by atoms with Crippen LogP contribution < -0.4 is 10.2 Å². The second kappa shape index (κ2) is 8.86. The van der Waals surface area contributed by atoms with Crippen molar-refractivity contribution in [1.82, 2.24) is 0 Å². The highest BCUT2D eigenvalue weighted by Gasteiger charge is 2.20. The van der Waals surface area contributed by atoms with Crippen LogP contribution in [0.3, 0.4) is 0 Å². The summed E-state index contributed by atoms with van der Waals surface area (Å²) in [6, 6.07) is 11.9. The molecule has 1 amide bonds. The first kappa shape index (κ1) is 19.9. The average Bonchev–Trinajstić information content (AvgIpc) is 2.69. The predicted octanol–water partition coefficient (Wildman–Crippen LogP) is 2.80. The normalized spacial score (nSPS) is 16.4. The highest BCUT2D eigenvalue weighted by Crippen LogP contribution is 2.28. The van der Waals surface area contributed by atoms with Crippen molar-refractivity contribution < 1.29 is 24.2 Å². The Hall–Kier alpha value is -2.90. The van der Waals surface area contributed by atoms with Gasteiger partial charge in [-0.05, 0) is 37.3 Å². The van der Waals surface area contributed by atoms with E-state index in [1.807, 2.05) is 31.0 Å². The zero-order valence-electron chi connectivity index (χ0n) is 16.0. The number of hydrogen-bond acceptors (Lipinski definition) is 5. The van der Waals surface area contributed by atoms with Crippen LogP contribution in [-0.4, -0.2) is 56.5 Å². The molecule has 0 aliphatic carbocycles. The molecule has 2 aromatic rings. The van der Waals surface area contributed by atoms with Crippen molar-refractivity contribution in [3.8, 4) is 0 Å². The monoisotopic (exact) mass is 384 g/mol. The van der Waals surface area contributed by atoms with Crippen molar-refractivity contribution >= 4 is 23.3 Å². The van der Waals surface area contributed by atoms with Gasteiger partial charge in [0.2, 0.25) is 0 Å². The molecular weight excluding hydrogens is 360 g/mol. The van der Waals surface area contributed by atoms with Crippen molar-refractivity contribution in [3.05, 3.63) is 59.2 Å². The number of carboxylic acid groups (broad SMARTS) is 1. The maximum Gasteiger partial charge on any atom is 0.335 e. The number of aryl methyl sites for hydroxylation is 1. The standard InChI is InChI=1S/C21H24N2O5/c1-14-3-5-15(6-4-14)20(24)22-18-11-16(21(25)26)7-8-19(18)23(2)12-17-13-27-9-10-28-17/h3-8,11,17H,9-10,12-13H2,1-2H3,(H,22,24)(H,25,26)/t17-/m1/s1. The molecule has 0 spiro atoms. The zero-order chi connectivity index (χ0) is 20.1. The number of amides is 1. The van der Waals surface area contributed by atoms with Gasteiger partial charge in [0.25, 0.3) is 5.91 Å². The third-order valence-electron chi connectivity index (χ3n) is 4.58. The Labute approximate surface area is 163 Å². The Morgan fingerprint density at radius 1 is 1.14 bits per heavy atom. The largest absolute Gasteiger partial charge is 0.478 e. The van der Waals surface area contributed by atoms with E-state index in [-0.39, 0.29) is 17.6 Å². The Morgan fingerprint density at radius 2 is 1.86 bits per heavy atom. The van der Waals surface area contributed by atoms with E-state index in [4.69, 9.17) is 9.47 Å². The molecular formula is C21H24N2O5. The highest BCUT2D eigenvalue weighted by molar-refractivity contribution is 6.06. The van der Waals surface area contributed by atoms with Gasteiger partial charge >= 0.3 is 5.97 Å². The summed E-state index contributed by atoms with van der Waals surface area (Å²) >= 11 is 0. The molecule has 0 radical (unpaired) electrons. The smallest absolute Gasteiger partial charge is 0.335 e. The summed E-state index contributed by atoms with van der Waals surface area (Å²) < 4.78 is 11.1. The molecule has 0 aromatic heterocycles. The number of rotatable bonds is 6. The van der Waals surface area contributed by atoms with Gasteiger partial charge in [-0.25, -0.2) is 4.79 Å². The molecule has 1 saturated heterocycles. The quantitative estimate of drug-likeness (QED) is 0.796. The second-order valence-electron chi connectivity index (χ2n) is 6.81. The molecule has 1 heterocycles. The summed E-state index contributed by atoms with van der Waals surface area (Å²) in [4.78, 5) is 26.0. The van der Waals surface area contributed by atoms with Crippen LogP contribution in [0.4, 0.5) is 11.4 Å². The van der Waals surface area contributed by atoms with Crippen LogP contribution >= 0.6 is 0 Å². The molecule has 1 fully saturated rings. The van der Waals surface area contributed by atoms with Crippen molar-refractivity contribution in [1.29, 1.82) is 0 Å². The summed E-state index contributed by atoms with van der Waals surface area (Å²) in [6.07, 6.45) is -0.0847. The van der Waals surface area contributed by atoms with Gasteiger partial charge in [0.05, 0.1) is 42.9 Å². The van der Waals surface area contributed by atoms with Crippen LogP contribution in [0.15, 0.2) is 42.5 Å². The Kier molecular flexibility index (Phi) is 6.28. The van der Waals surface area contributed by atoms with Gasteiger partial charge in [0.15, 0.2) is 0 Å². The topological polar surface area (TPSA) is 88.1 Å². The molecule has 7 nitrogen and oxygen atoms in total. The Balaban J connectivity index is 1.83. The molecule has 1 atom stereocenters. The van der Waals surface area contributed by atoms with Gasteiger partial charge in [0.1, 0.15) is 0 Å². The lowest BCUT2D eigenvalue weighted by Crippen LogP contribution is -2.38. The van der Waals surface area contributed by atoms with Crippen LogP contribution in [0.5, 0.6) is 0 Å². The van der Waals surface area contributed by atoms with Crippen LogP contribution in [0.2, 0.25) is 0 Å². The van der Waals surface area contributed by atoms with Crippen LogP contribution in [0.1, 0.15) is 26.3 Å². The van der Waals surface area contributed by atoms with Crippen LogP contribution in [-0.2, 0) is 9.47 Å². The summed E-state index contributed by atoms with van der Waals surface area (Å²) in [7, 11) is 1.87. The lowest BCUT2D eigenvalue weighted by atomic mass is 10.1. The van der Waals surface area contributed by atoms with Gasteiger partial charge in [0, 0.05) is 19.2 Å². The number of benzene rings is 2. The highest BCUT2D eigenvalue weighted by atomic mass is 16.6. The maximum atomic E-state index is 12.6. The zero-order valence-corrected chi connectivity index (χ0v) is 16.0. The lowest BCUT2D eigenvalue weighted by Gasteiger charge is -2.30.